The van der Waals surface area contributed by atoms with Crippen LogP contribution in [0.5, 0.6) is 0 Å². The van der Waals surface area contributed by atoms with E-state index in [2.05, 4.69) is 20.9 Å². The number of carbonyl (C=O) groups excluding carboxylic acids is 1. The quantitative estimate of drug-likeness (QED) is 0.773. The number of nitrogens with zero attached hydrogens (tertiary/aromatic N) is 2. The van der Waals surface area contributed by atoms with Gasteiger partial charge in [-0.25, -0.2) is 0 Å². The van der Waals surface area contributed by atoms with Crippen molar-refractivity contribution in [3.63, 3.8) is 0 Å². The first-order valence-corrected chi connectivity index (χ1v) is 5.48. The Morgan fingerprint density at radius 3 is 2.86 bits per heavy atom. The van der Waals surface area contributed by atoms with E-state index in [1.165, 1.54) is 0 Å². The van der Waals surface area contributed by atoms with Crippen molar-refractivity contribution >= 4 is 21.8 Å². The summed E-state index contributed by atoms with van der Waals surface area (Å²) in [5.41, 5.74) is 1.89. The van der Waals surface area contributed by atoms with E-state index in [0.29, 0.717) is 11.9 Å². The van der Waals surface area contributed by atoms with E-state index in [0.717, 1.165) is 11.4 Å². The maximum atomic E-state index is 11.3. The lowest BCUT2D eigenvalue weighted by molar-refractivity contribution is -0.127. The van der Waals surface area contributed by atoms with Gasteiger partial charge in [0, 0.05) is 12.7 Å². The summed E-state index contributed by atoms with van der Waals surface area (Å²) in [6.45, 7) is 2.50. The molecule has 1 rings (SSSR count). The summed E-state index contributed by atoms with van der Waals surface area (Å²) < 4.78 is 0. The van der Waals surface area contributed by atoms with E-state index in [1.807, 2.05) is 25.1 Å². The minimum Gasteiger partial charge on any atom is -0.339 e. The molecule has 0 radical (unpaired) electrons. The first kappa shape index (κ1) is 11.2. The minimum atomic E-state index is 0.0632. The Hall–Kier alpha value is -0.900. The molecule has 0 saturated heterocycles. The highest BCUT2D eigenvalue weighted by atomic mass is 79.9. The van der Waals surface area contributed by atoms with Gasteiger partial charge < -0.3 is 4.90 Å². The van der Waals surface area contributed by atoms with Crippen molar-refractivity contribution in [3.8, 4) is 0 Å². The molecule has 1 aromatic rings. The maximum absolute atomic E-state index is 11.3. The molecule has 0 aliphatic heterocycles. The van der Waals surface area contributed by atoms with Crippen LogP contribution >= 0.6 is 15.9 Å². The molecule has 0 aromatic carbocycles. The van der Waals surface area contributed by atoms with Crippen LogP contribution < -0.4 is 0 Å². The smallest absolute Gasteiger partial charge is 0.233 e. The van der Waals surface area contributed by atoms with Crippen LogP contribution in [0.1, 0.15) is 11.4 Å². The number of pyridine rings is 1. The highest BCUT2D eigenvalue weighted by molar-refractivity contribution is 9.09. The lowest BCUT2D eigenvalue weighted by Gasteiger charge is -2.15. The van der Waals surface area contributed by atoms with Crippen molar-refractivity contribution in [2.75, 3.05) is 12.4 Å². The average molecular weight is 257 g/mol. The zero-order valence-corrected chi connectivity index (χ0v) is 9.91. The van der Waals surface area contributed by atoms with Crippen LogP contribution in [0, 0.1) is 6.92 Å². The molecule has 1 amide bonds. The third-order valence-corrected chi connectivity index (χ3v) is 2.36. The molecule has 1 heterocycles. The molecule has 0 unspecified atom stereocenters. The number of amides is 1. The van der Waals surface area contributed by atoms with E-state index < -0.39 is 0 Å². The summed E-state index contributed by atoms with van der Waals surface area (Å²) in [6.07, 6.45) is 0. The highest BCUT2D eigenvalue weighted by Crippen LogP contribution is 2.02. The number of rotatable bonds is 3. The summed E-state index contributed by atoms with van der Waals surface area (Å²) in [6, 6.07) is 5.81. The van der Waals surface area contributed by atoms with Gasteiger partial charge in [0.2, 0.25) is 5.91 Å². The van der Waals surface area contributed by atoms with Crippen LogP contribution in [0.2, 0.25) is 0 Å². The summed E-state index contributed by atoms with van der Waals surface area (Å²) in [7, 11) is 1.77. The van der Waals surface area contributed by atoms with Gasteiger partial charge in [-0.15, -0.1) is 0 Å². The van der Waals surface area contributed by atoms with Crippen molar-refractivity contribution in [1.82, 2.24) is 9.88 Å². The van der Waals surface area contributed by atoms with Gasteiger partial charge in [0.25, 0.3) is 0 Å². The number of alkyl halides is 1. The van der Waals surface area contributed by atoms with Gasteiger partial charge in [-0.2, -0.15) is 0 Å². The fraction of sp³-hybridized carbons (Fsp3) is 0.400. The Morgan fingerprint density at radius 1 is 1.57 bits per heavy atom. The fourth-order valence-electron chi connectivity index (χ4n) is 1.12. The molecule has 76 valence electrons. The van der Waals surface area contributed by atoms with Gasteiger partial charge in [-0.05, 0) is 19.1 Å². The molecule has 0 aliphatic carbocycles. The topological polar surface area (TPSA) is 33.2 Å². The minimum absolute atomic E-state index is 0.0632. The molecule has 0 atom stereocenters. The molecular weight excluding hydrogens is 244 g/mol. The standard InChI is InChI=1S/C10H13BrN2O/c1-8-4-3-5-9(12-8)7-13(2)10(14)6-11/h3-5H,6-7H2,1-2H3. The third-order valence-electron chi connectivity index (χ3n) is 1.89. The zero-order chi connectivity index (χ0) is 10.6. The fourth-order valence-corrected chi connectivity index (χ4v) is 1.55. The zero-order valence-electron chi connectivity index (χ0n) is 8.33. The number of aryl methyl sites for hydroxylation is 1. The lowest BCUT2D eigenvalue weighted by Crippen LogP contribution is -2.27. The maximum Gasteiger partial charge on any atom is 0.233 e. The molecule has 0 spiro atoms. The normalized spacial score (nSPS) is 9.93. The molecule has 4 heteroatoms. The van der Waals surface area contributed by atoms with Gasteiger partial charge in [-0.1, -0.05) is 22.0 Å². The second-order valence-corrected chi connectivity index (χ2v) is 3.71. The van der Waals surface area contributed by atoms with Crippen LogP contribution in [0.3, 0.4) is 0 Å². The van der Waals surface area contributed by atoms with Crippen molar-refractivity contribution in [1.29, 1.82) is 0 Å². The van der Waals surface area contributed by atoms with Gasteiger partial charge in [0.15, 0.2) is 0 Å². The predicted molar refractivity (Wildman–Crippen MR) is 59.2 cm³/mol. The number of aromatic nitrogens is 1. The summed E-state index contributed by atoms with van der Waals surface area (Å²) in [5.74, 6) is 0.0632. The van der Waals surface area contributed by atoms with E-state index in [1.54, 1.807) is 11.9 Å². The summed E-state index contributed by atoms with van der Waals surface area (Å²) in [5, 5.41) is 0.356. The van der Waals surface area contributed by atoms with Crippen LogP contribution in [-0.4, -0.2) is 28.2 Å². The van der Waals surface area contributed by atoms with Gasteiger partial charge >= 0.3 is 0 Å². The Morgan fingerprint density at radius 2 is 2.29 bits per heavy atom. The second-order valence-electron chi connectivity index (χ2n) is 3.15. The SMILES string of the molecule is Cc1cccc(CN(C)C(=O)CBr)n1. The van der Waals surface area contributed by atoms with Gasteiger partial charge in [0.1, 0.15) is 0 Å². The Labute approximate surface area is 92.3 Å². The molecule has 14 heavy (non-hydrogen) atoms. The van der Waals surface area contributed by atoms with Gasteiger partial charge in [0.05, 0.1) is 17.6 Å². The number of carbonyl (C=O) groups is 1. The van der Waals surface area contributed by atoms with Crippen molar-refractivity contribution in [3.05, 3.63) is 29.6 Å². The average Bonchev–Trinajstić information content (AvgIpc) is 2.16. The van der Waals surface area contributed by atoms with Crippen LogP contribution in [-0.2, 0) is 11.3 Å². The van der Waals surface area contributed by atoms with E-state index in [-0.39, 0.29) is 5.91 Å². The predicted octanol–water partition coefficient (Wildman–Crippen LogP) is 1.74. The molecule has 0 aliphatic rings. The second kappa shape index (κ2) is 5.10. The first-order valence-electron chi connectivity index (χ1n) is 4.36. The molecule has 3 nitrogen and oxygen atoms in total. The van der Waals surface area contributed by atoms with E-state index >= 15 is 0 Å². The molecule has 0 bridgehead atoms. The number of hydrogen-bond donors (Lipinski definition) is 0. The summed E-state index contributed by atoms with van der Waals surface area (Å²) in [4.78, 5) is 17.2. The van der Waals surface area contributed by atoms with Crippen LogP contribution in [0.25, 0.3) is 0 Å². The Kier molecular flexibility index (Phi) is 4.07. The van der Waals surface area contributed by atoms with Crippen LogP contribution in [0.15, 0.2) is 18.2 Å². The Balaban J connectivity index is 2.64. The first-order chi connectivity index (χ1) is 6.63. The monoisotopic (exact) mass is 256 g/mol. The van der Waals surface area contributed by atoms with Crippen LogP contribution in [0.4, 0.5) is 0 Å². The van der Waals surface area contributed by atoms with Crippen molar-refractivity contribution in [2.45, 2.75) is 13.5 Å². The largest absolute Gasteiger partial charge is 0.339 e. The third kappa shape index (κ3) is 3.10. The van der Waals surface area contributed by atoms with E-state index in [9.17, 15) is 4.79 Å². The highest BCUT2D eigenvalue weighted by Gasteiger charge is 2.07. The molecule has 0 saturated carbocycles. The van der Waals surface area contributed by atoms with Gasteiger partial charge in [-0.3, -0.25) is 9.78 Å². The van der Waals surface area contributed by atoms with Crippen molar-refractivity contribution in [2.24, 2.45) is 0 Å². The molecule has 0 fully saturated rings. The molecule has 0 N–H and O–H groups in total. The molecular formula is C10H13BrN2O. The molecule has 1 aromatic heterocycles. The summed E-state index contributed by atoms with van der Waals surface area (Å²) >= 11 is 3.13. The number of hydrogen-bond acceptors (Lipinski definition) is 2. The van der Waals surface area contributed by atoms with Crippen molar-refractivity contribution < 1.29 is 4.79 Å². The number of halogens is 1. The Bertz CT molecular complexity index is 328. The van der Waals surface area contributed by atoms with E-state index in [4.69, 9.17) is 0 Å². The lowest BCUT2D eigenvalue weighted by atomic mass is 10.3.